The van der Waals surface area contributed by atoms with Gasteiger partial charge in [0, 0.05) is 11.9 Å². The fourth-order valence-electron chi connectivity index (χ4n) is 4.08. The summed E-state index contributed by atoms with van der Waals surface area (Å²) in [5, 5.41) is 19.4. The Balaban J connectivity index is 1.80. The van der Waals surface area contributed by atoms with E-state index in [-0.39, 0.29) is 23.9 Å². The van der Waals surface area contributed by atoms with Crippen LogP contribution < -0.4 is 0 Å². The molecule has 0 radical (unpaired) electrons. The fourth-order valence-corrected chi connectivity index (χ4v) is 6.31. The van der Waals surface area contributed by atoms with Gasteiger partial charge in [-0.25, -0.2) is 8.42 Å². The number of hydrogen-bond acceptors (Lipinski definition) is 5. The number of rotatable bonds is 6. The molecule has 0 unspecified atom stereocenters. The van der Waals surface area contributed by atoms with Gasteiger partial charge in [0.25, 0.3) is 0 Å². The molecule has 2 aliphatic rings. The zero-order valence-electron chi connectivity index (χ0n) is 15.9. The summed E-state index contributed by atoms with van der Waals surface area (Å²) in [6, 6.07) is 7.19. The van der Waals surface area contributed by atoms with Gasteiger partial charge in [0.15, 0.2) is 9.84 Å². The van der Waals surface area contributed by atoms with Crippen LogP contribution in [0, 0.1) is 0 Å². The molecular formula is C20H27BO5S. The Morgan fingerprint density at radius 1 is 1.33 bits per heavy atom. The van der Waals surface area contributed by atoms with Crippen molar-refractivity contribution >= 4 is 23.0 Å². The zero-order chi connectivity index (χ0) is 19.6. The third-order valence-electron chi connectivity index (χ3n) is 5.55. The molecule has 2 heterocycles. The molecule has 0 saturated carbocycles. The molecule has 7 heteroatoms. The summed E-state index contributed by atoms with van der Waals surface area (Å²) in [6.07, 6.45) is 4.59. The van der Waals surface area contributed by atoms with Gasteiger partial charge in [-0.2, -0.15) is 0 Å². The van der Waals surface area contributed by atoms with Crippen molar-refractivity contribution in [3.05, 3.63) is 46.5 Å². The molecule has 0 aliphatic carbocycles. The number of sulfone groups is 1. The van der Waals surface area contributed by atoms with Gasteiger partial charge < -0.3 is 14.8 Å². The predicted molar refractivity (Wildman–Crippen MR) is 108 cm³/mol. The van der Waals surface area contributed by atoms with Crippen LogP contribution in [-0.4, -0.2) is 42.8 Å². The van der Waals surface area contributed by atoms with Crippen molar-refractivity contribution in [3.63, 3.8) is 0 Å². The number of fused-ring (bicyclic) bond motifs is 1. The van der Waals surface area contributed by atoms with E-state index in [1.54, 1.807) is 12.1 Å². The number of phenolic OH excluding ortho intramolecular Hbond substituents is 1. The molecule has 1 aromatic rings. The first-order chi connectivity index (χ1) is 12.9. The lowest BCUT2D eigenvalue weighted by molar-refractivity contribution is 0.169. The number of allylic oxidation sites excluding steroid dienone is 1. The molecule has 1 saturated heterocycles. The highest BCUT2D eigenvalue weighted by atomic mass is 32.2. The monoisotopic (exact) mass is 390 g/mol. The van der Waals surface area contributed by atoms with Gasteiger partial charge in [-0.05, 0) is 37.3 Å². The smallest absolute Gasteiger partial charge is 0.456 e. The summed E-state index contributed by atoms with van der Waals surface area (Å²) in [6.45, 7) is 4.03. The number of phenols is 1. The van der Waals surface area contributed by atoms with E-state index in [1.165, 1.54) is 0 Å². The Kier molecular flexibility index (Phi) is 6.13. The summed E-state index contributed by atoms with van der Waals surface area (Å²) in [4.78, 5) is 0. The third-order valence-corrected chi connectivity index (χ3v) is 7.62. The van der Waals surface area contributed by atoms with Crippen molar-refractivity contribution in [1.82, 2.24) is 0 Å². The minimum absolute atomic E-state index is 0.0877. The lowest BCUT2D eigenvalue weighted by Gasteiger charge is -2.32. The molecule has 3 rings (SSSR count). The van der Waals surface area contributed by atoms with E-state index in [2.05, 4.69) is 6.92 Å². The molecule has 2 aliphatic heterocycles. The molecule has 146 valence electrons. The average Bonchev–Trinajstić information content (AvgIpc) is 2.90. The van der Waals surface area contributed by atoms with Crippen LogP contribution in [0.4, 0.5) is 0 Å². The van der Waals surface area contributed by atoms with Gasteiger partial charge in [-0.3, -0.25) is 0 Å². The first-order valence-electron chi connectivity index (χ1n) is 9.60. The van der Waals surface area contributed by atoms with Gasteiger partial charge in [-0.1, -0.05) is 49.3 Å². The molecule has 0 bridgehead atoms. The first kappa shape index (κ1) is 20.2. The lowest BCUT2D eigenvalue weighted by Crippen LogP contribution is -2.41. The topological polar surface area (TPSA) is 83.8 Å². The van der Waals surface area contributed by atoms with E-state index in [9.17, 15) is 18.5 Å². The average molecular weight is 390 g/mol. The molecule has 1 fully saturated rings. The van der Waals surface area contributed by atoms with E-state index < -0.39 is 22.2 Å². The van der Waals surface area contributed by atoms with E-state index in [4.69, 9.17) is 4.65 Å². The van der Waals surface area contributed by atoms with Crippen molar-refractivity contribution in [2.24, 2.45) is 0 Å². The van der Waals surface area contributed by atoms with Crippen LogP contribution in [0.1, 0.15) is 45.1 Å². The van der Waals surface area contributed by atoms with E-state index in [0.29, 0.717) is 12.8 Å². The highest BCUT2D eigenvalue weighted by molar-refractivity contribution is 7.92. The van der Waals surface area contributed by atoms with Crippen LogP contribution in [0.15, 0.2) is 41.0 Å². The molecular weight excluding hydrogens is 363 g/mol. The summed E-state index contributed by atoms with van der Waals surface area (Å²) >= 11 is 0. The van der Waals surface area contributed by atoms with E-state index in [1.807, 2.05) is 25.1 Å². The Morgan fingerprint density at radius 2 is 2.07 bits per heavy atom. The van der Waals surface area contributed by atoms with Gasteiger partial charge in [0.2, 0.25) is 0 Å². The maximum Gasteiger partial charge on any atom is 0.456 e. The van der Waals surface area contributed by atoms with Crippen LogP contribution >= 0.6 is 0 Å². The standard InChI is InChI=1S/C20H27BO5S/c1-3-14(11-16-7-5-6-8-17(16)22)9-10-18-20-15(4-2)13-27(24,25)19(20)12-21(23)26-18/h5-8,11,18-19,22-23H,3-4,9-10,12-13H2,1-2H3/b14-11+/t18-,19+/m1/s1. The molecule has 2 atom stereocenters. The maximum absolute atomic E-state index is 12.5. The quantitative estimate of drug-likeness (QED) is 0.575. The van der Waals surface area contributed by atoms with Gasteiger partial charge in [0.05, 0.1) is 17.1 Å². The Bertz CT molecular complexity index is 859. The maximum atomic E-state index is 12.5. The Hall–Kier alpha value is -1.57. The second-order valence-electron chi connectivity index (χ2n) is 7.28. The molecule has 2 N–H and O–H groups in total. The Labute approximate surface area is 161 Å². The highest BCUT2D eigenvalue weighted by Gasteiger charge is 2.47. The van der Waals surface area contributed by atoms with E-state index in [0.717, 1.165) is 35.1 Å². The second-order valence-corrected chi connectivity index (χ2v) is 9.46. The predicted octanol–water partition coefficient (Wildman–Crippen LogP) is 3.35. The van der Waals surface area contributed by atoms with Crippen molar-refractivity contribution in [3.8, 4) is 5.75 Å². The highest BCUT2D eigenvalue weighted by Crippen LogP contribution is 2.40. The zero-order valence-corrected chi connectivity index (χ0v) is 16.7. The molecule has 1 aromatic carbocycles. The van der Waals surface area contributed by atoms with Crippen LogP contribution in [0.3, 0.4) is 0 Å². The second kappa shape index (κ2) is 8.21. The van der Waals surface area contributed by atoms with Crippen molar-refractivity contribution in [2.45, 2.75) is 57.2 Å². The largest absolute Gasteiger partial charge is 0.507 e. The molecule has 0 amide bonds. The fraction of sp³-hybridized carbons (Fsp3) is 0.500. The number of benzene rings is 1. The van der Waals surface area contributed by atoms with Crippen molar-refractivity contribution in [1.29, 1.82) is 0 Å². The van der Waals surface area contributed by atoms with Crippen LogP contribution in [0.5, 0.6) is 5.75 Å². The SMILES string of the molecule is CCC1=C2[C@@H](CC/C(=C/c3ccccc3O)CC)OB(O)C[C@@H]2S(=O)(=O)C1. The third kappa shape index (κ3) is 4.31. The van der Waals surface area contributed by atoms with Crippen molar-refractivity contribution < 1.29 is 23.2 Å². The van der Waals surface area contributed by atoms with Crippen molar-refractivity contribution in [2.75, 3.05) is 5.75 Å². The first-order valence-corrected chi connectivity index (χ1v) is 11.3. The molecule has 5 nitrogen and oxygen atoms in total. The van der Waals surface area contributed by atoms with Crippen LogP contribution in [0.2, 0.25) is 6.32 Å². The Morgan fingerprint density at radius 3 is 2.74 bits per heavy atom. The van der Waals surface area contributed by atoms with Gasteiger partial charge in [0.1, 0.15) is 5.75 Å². The van der Waals surface area contributed by atoms with Crippen LogP contribution in [0.25, 0.3) is 6.08 Å². The van der Waals surface area contributed by atoms with Crippen LogP contribution in [-0.2, 0) is 14.5 Å². The summed E-state index contributed by atoms with van der Waals surface area (Å²) in [5.74, 6) is 0.329. The number of aromatic hydroxyl groups is 1. The molecule has 0 aromatic heterocycles. The van der Waals surface area contributed by atoms with Gasteiger partial charge >= 0.3 is 7.12 Å². The lowest BCUT2D eigenvalue weighted by atomic mass is 9.74. The molecule has 0 spiro atoms. The number of hydrogen-bond donors (Lipinski definition) is 2. The number of para-hydroxylation sites is 1. The van der Waals surface area contributed by atoms with E-state index >= 15 is 0 Å². The van der Waals surface area contributed by atoms with Gasteiger partial charge in [-0.15, -0.1) is 0 Å². The summed E-state index contributed by atoms with van der Waals surface area (Å²) < 4.78 is 30.7. The molecule has 27 heavy (non-hydrogen) atoms. The summed E-state index contributed by atoms with van der Waals surface area (Å²) in [7, 11) is -4.27. The minimum Gasteiger partial charge on any atom is -0.507 e. The normalized spacial score (nSPS) is 25.0. The minimum atomic E-state index is -3.23. The summed E-state index contributed by atoms with van der Waals surface area (Å²) in [5.41, 5.74) is 3.74.